The van der Waals surface area contributed by atoms with Gasteiger partial charge in [0.25, 0.3) is 0 Å². The summed E-state index contributed by atoms with van der Waals surface area (Å²) < 4.78 is 0. The van der Waals surface area contributed by atoms with Gasteiger partial charge in [-0.1, -0.05) is 12.1 Å². The number of aromatic nitrogens is 2. The Morgan fingerprint density at radius 2 is 1.06 bits per heavy atom. The smallest absolute Gasteiger partial charge is 0.325 e. The predicted octanol–water partition coefficient (Wildman–Crippen LogP) is 6.42. The quantitative estimate of drug-likeness (QED) is 0.0632. The number of carbonyl (C=O) groups is 5. The molecule has 8 amide bonds. The third-order valence-electron chi connectivity index (χ3n) is 9.85. The first-order chi connectivity index (χ1) is 30.3. The number of hydrogen-bond donors (Lipinski definition) is 9. The molecule has 0 unspecified atom stereocenters. The van der Waals surface area contributed by atoms with Gasteiger partial charge in [-0.25, -0.2) is 29.1 Å². The molecule has 2 aromatic heterocycles. The maximum atomic E-state index is 12.6. The van der Waals surface area contributed by atoms with Crippen LogP contribution in [0.4, 0.5) is 52.2 Å². The highest BCUT2D eigenvalue weighted by molar-refractivity contribution is 7.14. The first-order valence-corrected chi connectivity index (χ1v) is 22.7. The molecule has 340 valence electrons. The molecule has 0 aliphatic carbocycles. The number of hydrogen-bond acceptors (Lipinski definition) is 12. The zero-order valence-corrected chi connectivity index (χ0v) is 37.9. The number of rotatable bonds is 15. The molecule has 9 N–H and O–H groups in total. The summed E-state index contributed by atoms with van der Waals surface area (Å²) in [4.78, 5) is 74.2. The van der Waals surface area contributed by atoms with Crippen LogP contribution in [0.2, 0.25) is 0 Å². The van der Waals surface area contributed by atoms with Crippen LogP contribution in [0.25, 0.3) is 0 Å². The van der Waals surface area contributed by atoms with Crippen LogP contribution in [0.1, 0.15) is 61.0 Å². The Hall–Kier alpha value is -6.19. The van der Waals surface area contributed by atoms with E-state index in [-0.39, 0.29) is 18.6 Å². The number of aliphatic carboxylic acids is 1. The number of benzene rings is 2. The van der Waals surface area contributed by atoms with Crippen LogP contribution in [0.5, 0.6) is 0 Å². The molecule has 2 fully saturated rings. The third kappa shape index (κ3) is 16.6. The maximum absolute atomic E-state index is 12.6. The van der Waals surface area contributed by atoms with Gasteiger partial charge in [0.05, 0.1) is 47.2 Å². The summed E-state index contributed by atoms with van der Waals surface area (Å²) in [6.07, 6.45) is 7.11. The van der Waals surface area contributed by atoms with Gasteiger partial charge in [-0.3, -0.25) is 15.4 Å². The van der Waals surface area contributed by atoms with Crippen molar-refractivity contribution in [2.45, 2.75) is 65.5 Å². The number of urea groups is 4. The number of thiazole rings is 2. The molecule has 0 radical (unpaired) electrons. The SMILES string of the molecule is Cc1ccc(NC(=O)Nc2nc(CNC(=O)NCC(=O)O)cs2)c(N2CCCCC2)c1.Cc1ccc(NC(=O)Nc2nc(CNC(=O)NCCN(C)C)cs2)c(N2CCCCC2)c1. The van der Waals surface area contributed by atoms with Crippen molar-refractivity contribution < 1.29 is 29.1 Å². The summed E-state index contributed by atoms with van der Waals surface area (Å²) in [6.45, 7) is 9.34. The molecule has 2 aliphatic rings. The van der Waals surface area contributed by atoms with Crippen molar-refractivity contribution in [3.05, 3.63) is 69.7 Å². The van der Waals surface area contributed by atoms with Crippen LogP contribution < -0.4 is 52.3 Å². The molecule has 6 rings (SSSR count). The van der Waals surface area contributed by atoms with Crippen LogP contribution in [-0.4, -0.2) is 110 Å². The molecule has 0 atom stereocenters. The molecule has 2 aromatic carbocycles. The van der Waals surface area contributed by atoms with Crippen LogP contribution in [0.3, 0.4) is 0 Å². The lowest BCUT2D eigenvalue weighted by atomic mass is 10.1. The highest BCUT2D eigenvalue weighted by Gasteiger charge is 2.19. The van der Waals surface area contributed by atoms with Gasteiger partial charge in [0.2, 0.25) is 0 Å². The van der Waals surface area contributed by atoms with Crippen molar-refractivity contribution in [2.24, 2.45) is 0 Å². The predicted molar refractivity (Wildman–Crippen MR) is 251 cm³/mol. The normalized spacial score (nSPS) is 13.5. The van der Waals surface area contributed by atoms with E-state index >= 15 is 0 Å². The van der Waals surface area contributed by atoms with Gasteiger partial charge >= 0.3 is 30.1 Å². The van der Waals surface area contributed by atoms with Crippen molar-refractivity contribution in [1.29, 1.82) is 0 Å². The number of nitrogens with zero attached hydrogens (tertiary/aromatic N) is 5. The van der Waals surface area contributed by atoms with E-state index in [1.165, 1.54) is 53.9 Å². The Balaban J connectivity index is 0.000000238. The van der Waals surface area contributed by atoms with E-state index in [4.69, 9.17) is 5.11 Å². The van der Waals surface area contributed by atoms with Gasteiger partial charge < -0.3 is 51.7 Å². The van der Waals surface area contributed by atoms with E-state index in [9.17, 15) is 24.0 Å². The van der Waals surface area contributed by atoms with Gasteiger partial charge in [0, 0.05) is 50.0 Å². The maximum Gasteiger partial charge on any atom is 0.325 e. The average Bonchev–Trinajstić information content (AvgIpc) is 3.92. The minimum atomic E-state index is -1.13. The summed E-state index contributed by atoms with van der Waals surface area (Å²) in [5.74, 6) is -1.13. The van der Waals surface area contributed by atoms with Gasteiger partial charge in [0.1, 0.15) is 6.54 Å². The monoisotopic (exact) mass is 905 g/mol. The third-order valence-corrected chi connectivity index (χ3v) is 11.5. The molecule has 0 spiro atoms. The topological polar surface area (TPSA) is 237 Å². The average molecular weight is 906 g/mol. The lowest BCUT2D eigenvalue weighted by Crippen LogP contribution is -2.38. The Bertz CT molecular complexity index is 2150. The molecule has 2 saturated heterocycles. The summed E-state index contributed by atoms with van der Waals surface area (Å²) in [5.41, 5.74) is 7.17. The van der Waals surface area contributed by atoms with Crippen LogP contribution in [-0.2, 0) is 17.9 Å². The summed E-state index contributed by atoms with van der Waals surface area (Å²) >= 11 is 2.56. The molecular formula is C42H59N13O6S2. The van der Waals surface area contributed by atoms with Crippen molar-refractivity contribution >= 4 is 85.8 Å². The van der Waals surface area contributed by atoms with E-state index in [0.717, 1.165) is 73.9 Å². The highest BCUT2D eigenvalue weighted by Crippen LogP contribution is 2.31. The molecule has 4 heterocycles. The number of nitrogens with one attached hydrogen (secondary N) is 8. The second-order valence-corrected chi connectivity index (χ2v) is 17.1. The molecule has 0 saturated carbocycles. The van der Waals surface area contributed by atoms with Crippen molar-refractivity contribution in [3.63, 3.8) is 0 Å². The summed E-state index contributed by atoms with van der Waals surface area (Å²) in [7, 11) is 3.90. The minimum absolute atomic E-state index is 0.113. The molecule has 0 bridgehead atoms. The fourth-order valence-corrected chi connectivity index (χ4v) is 8.11. The van der Waals surface area contributed by atoms with Crippen LogP contribution >= 0.6 is 22.7 Å². The Morgan fingerprint density at radius 1 is 0.619 bits per heavy atom. The Labute approximate surface area is 375 Å². The second-order valence-electron chi connectivity index (χ2n) is 15.4. The lowest BCUT2D eigenvalue weighted by molar-refractivity contribution is -0.135. The van der Waals surface area contributed by atoms with Crippen molar-refractivity contribution in [2.75, 3.05) is 91.0 Å². The molecule has 21 heteroatoms. The van der Waals surface area contributed by atoms with E-state index in [1.807, 2.05) is 55.6 Å². The number of amides is 8. The molecular weight excluding hydrogens is 847 g/mol. The first-order valence-electron chi connectivity index (χ1n) is 21.0. The zero-order valence-electron chi connectivity index (χ0n) is 36.3. The molecule has 2 aliphatic heterocycles. The summed E-state index contributed by atoms with van der Waals surface area (Å²) in [6, 6.07) is 10.5. The number of likely N-dealkylation sites (N-methyl/N-ethyl adjacent to an activating group) is 1. The standard InChI is InChI=1S/C22H33N7O2S.C20H26N6O4S/c1-16-7-8-18(19(13-16)29-10-5-4-6-11-29)26-21(31)27-22-25-17(15-32-22)14-24-20(30)23-9-12-28(2)3;1-13-5-6-15(16(9-13)26-7-3-2-4-8-26)24-19(30)25-20-23-14(12-31-20)10-21-18(29)22-11-17(27)28/h7-8,13,15H,4-6,9-12,14H2,1-3H3,(H2,23,24,30)(H2,25,26,27,31);5-6,9,12H,2-4,7-8,10-11H2,1H3,(H,27,28)(H2,21,22,29)(H2,23,24,25,30). The van der Waals surface area contributed by atoms with Gasteiger partial charge in [-0.05, 0) is 102 Å². The van der Waals surface area contributed by atoms with Gasteiger partial charge in [0.15, 0.2) is 10.3 Å². The van der Waals surface area contributed by atoms with Crippen molar-refractivity contribution in [1.82, 2.24) is 36.1 Å². The van der Waals surface area contributed by atoms with Gasteiger partial charge in [-0.2, -0.15) is 0 Å². The number of carboxylic acids is 1. The van der Waals surface area contributed by atoms with E-state index in [0.29, 0.717) is 34.7 Å². The molecule has 63 heavy (non-hydrogen) atoms. The summed E-state index contributed by atoms with van der Waals surface area (Å²) in [5, 5.41) is 34.6. The van der Waals surface area contributed by atoms with Crippen molar-refractivity contribution in [3.8, 4) is 0 Å². The van der Waals surface area contributed by atoms with E-state index in [1.54, 1.807) is 5.38 Å². The second kappa shape index (κ2) is 24.4. The fourth-order valence-electron chi connectivity index (χ4n) is 6.70. The number of carboxylic acid groups (broad SMARTS) is 1. The van der Waals surface area contributed by atoms with Crippen LogP contribution in [0, 0.1) is 13.8 Å². The largest absolute Gasteiger partial charge is 0.480 e. The molecule has 19 nitrogen and oxygen atoms in total. The Kier molecular flexibility index (Phi) is 18.6. The lowest BCUT2D eigenvalue weighted by Gasteiger charge is -2.30. The van der Waals surface area contributed by atoms with Gasteiger partial charge in [-0.15, -0.1) is 22.7 Å². The first kappa shape index (κ1) is 47.9. The minimum Gasteiger partial charge on any atom is -0.480 e. The fraction of sp³-hybridized carbons (Fsp3) is 0.452. The van der Waals surface area contributed by atoms with E-state index < -0.39 is 24.6 Å². The zero-order chi connectivity index (χ0) is 45.1. The Morgan fingerprint density at radius 3 is 1.49 bits per heavy atom. The highest BCUT2D eigenvalue weighted by atomic mass is 32.1. The number of anilines is 6. The van der Waals surface area contributed by atoms with Crippen LogP contribution in [0.15, 0.2) is 47.2 Å². The molecule has 4 aromatic rings. The van der Waals surface area contributed by atoms with E-state index in [2.05, 4.69) is 81.4 Å². The number of piperidine rings is 2. The number of carbonyl (C=O) groups excluding carboxylic acids is 4. The number of aryl methyl sites for hydroxylation is 2.